The summed E-state index contributed by atoms with van der Waals surface area (Å²) in [5.41, 5.74) is 2.66. The summed E-state index contributed by atoms with van der Waals surface area (Å²) in [6.07, 6.45) is 2.61. The van der Waals surface area contributed by atoms with Crippen LogP contribution in [0.4, 0.5) is 0 Å². The number of hydrogen-bond acceptors (Lipinski definition) is 4. The molecule has 0 aliphatic rings. The van der Waals surface area contributed by atoms with E-state index in [9.17, 15) is 4.79 Å². The fourth-order valence-corrected chi connectivity index (χ4v) is 2.87. The fourth-order valence-electron chi connectivity index (χ4n) is 2.87. The van der Waals surface area contributed by atoms with E-state index in [1.54, 1.807) is 19.4 Å². The van der Waals surface area contributed by atoms with Crippen molar-refractivity contribution in [3.63, 3.8) is 0 Å². The Morgan fingerprint density at radius 3 is 2.68 bits per heavy atom. The summed E-state index contributed by atoms with van der Waals surface area (Å²) in [6.45, 7) is 3.76. The number of methoxy groups -OCH3 is 1. The third-order valence-electron chi connectivity index (χ3n) is 4.41. The number of rotatable bonds is 9. The van der Waals surface area contributed by atoms with Crippen LogP contribution in [0.2, 0.25) is 0 Å². The number of aryl methyl sites for hydroxylation is 2. The predicted octanol–water partition coefficient (Wildman–Crippen LogP) is 3.60. The summed E-state index contributed by atoms with van der Waals surface area (Å²) in [4.78, 5) is 12.4. The number of nitrogens with one attached hydrogen (secondary N) is 1. The van der Waals surface area contributed by atoms with Crippen LogP contribution in [-0.2, 0) is 13.2 Å². The highest BCUT2D eigenvalue weighted by atomic mass is 16.5. The molecule has 0 atom stereocenters. The number of hydrogen-bond donors (Lipinski definition) is 1. The number of carbonyl (C=O) groups excluding carboxylic acids is 1. The van der Waals surface area contributed by atoms with Gasteiger partial charge in [-0.15, -0.1) is 0 Å². The van der Waals surface area contributed by atoms with Crippen LogP contribution in [0.3, 0.4) is 0 Å². The van der Waals surface area contributed by atoms with Gasteiger partial charge >= 0.3 is 0 Å². The molecule has 2 aromatic carbocycles. The molecule has 6 heteroatoms. The van der Waals surface area contributed by atoms with Gasteiger partial charge in [-0.1, -0.05) is 24.3 Å². The highest BCUT2D eigenvalue weighted by molar-refractivity contribution is 5.94. The molecule has 0 aliphatic carbocycles. The molecule has 146 valence electrons. The molecule has 0 fully saturated rings. The van der Waals surface area contributed by atoms with Gasteiger partial charge in [0.05, 0.1) is 7.11 Å². The van der Waals surface area contributed by atoms with Gasteiger partial charge in [0.1, 0.15) is 6.61 Å². The topological polar surface area (TPSA) is 65.4 Å². The second kappa shape index (κ2) is 9.60. The summed E-state index contributed by atoms with van der Waals surface area (Å²) in [5, 5.41) is 7.20. The standard InChI is InChI=1S/C22H25N3O3/c1-17-11-13-24-25(17)14-6-12-23-22(26)19-8-5-7-18(15-19)16-28-21-10-4-3-9-20(21)27-2/h3-5,7-11,13,15H,6,12,14,16H2,1-2H3,(H,23,26). The Kier molecular flexibility index (Phi) is 6.68. The number of amides is 1. The van der Waals surface area contributed by atoms with Gasteiger partial charge in [0.15, 0.2) is 11.5 Å². The molecule has 0 saturated carbocycles. The SMILES string of the molecule is COc1ccccc1OCc1cccc(C(=O)NCCCn2nccc2C)c1. The van der Waals surface area contributed by atoms with Crippen molar-refractivity contribution in [1.29, 1.82) is 0 Å². The number of benzene rings is 2. The first-order valence-corrected chi connectivity index (χ1v) is 9.29. The molecule has 1 heterocycles. The second-order valence-electron chi connectivity index (χ2n) is 6.45. The molecule has 1 amide bonds. The molecule has 6 nitrogen and oxygen atoms in total. The van der Waals surface area contributed by atoms with Crippen molar-refractivity contribution >= 4 is 5.91 Å². The van der Waals surface area contributed by atoms with E-state index in [2.05, 4.69) is 10.4 Å². The zero-order valence-electron chi connectivity index (χ0n) is 16.2. The van der Waals surface area contributed by atoms with Crippen molar-refractivity contribution < 1.29 is 14.3 Å². The van der Waals surface area contributed by atoms with Crippen molar-refractivity contribution in [2.45, 2.75) is 26.5 Å². The molecular weight excluding hydrogens is 354 g/mol. The molecule has 1 N–H and O–H groups in total. The third kappa shape index (κ3) is 5.13. The summed E-state index contributed by atoms with van der Waals surface area (Å²) in [7, 11) is 1.61. The molecule has 3 rings (SSSR count). The van der Waals surface area contributed by atoms with Gasteiger partial charge in [0.25, 0.3) is 5.91 Å². The van der Waals surface area contributed by atoms with E-state index in [4.69, 9.17) is 9.47 Å². The van der Waals surface area contributed by atoms with Crippen LogP contribution in [0.1, 0.15) is 28.0 Å². The van der Waals surface area contributed by atoms with Crippen molar-refractivity contribution in [3.05, 3.63) is 77.6 Å². The maximum absolute atomic E-state index is 12.4. The van der Waals surface area contributed by atoms with E-state index in [1.165, 1.54) is 0 Å². The first-order chi connectivity index (χ1) is 13.7. The molecule has 0 radical (unpaired) electrons. The van der Waals surface area contributed by atoms with Crippen LogP contribution in [0.15, 0.2) is 60.8 Å². The molecule has 0 aliphatic heterocycles. The Labute approximate surface area is 165 Å². The highest BCUT2D eigenvalue weighted by Crippen LogP contribution is 2.26. The Morgan fingerprint density at radius 1 is 1.11 bits per heavy atom. The largest absolute Gasteiger partial charge is 0.493 e. The fraction of sp³-hybridized carbons (Fsp3) is 0.273. The number of para-hydroxylation sites is 2. The van der Waals surface area contributed by atoms with Gasteiger partial charge in [-0.3, -0.25) is 9.48 Å². The minimum absolute atomic E-state index is 0.0867. The van der Waals surface area contributed by atoms with E-state index in [-0.39, 0.29) is 5.91 Å². The van der Waals surface area contributed by atoms with E-state index in [0.29, 0.717) is 30.2 Å². The normalized spacial score (nSPS) is 10.5. The Morgan fingerprint density at radius 2 is 1.93 bits per heavy atom. The summed E-state index contributed by atoms with van der Waals surface area (Å²) < 4.78 is 13.1. The number of nitrogens with zero attached hydrogens (tertiary/aromatic N) is 2. The van der Waals surface area contributed by atoms with Gasteiger partial charge < -0.3 is 14.8 Å². The maximum Gasteiger partial charge on any atom is 0.251 e. The maximum atomic E-state index is 12.4. The minimum Gasteiger partial charge on any atom is -0.493 e. The van der Waals surface area contributed by atoms with Gasteiger partial charge in [-0.25, -0.2) is 0 Å². The van der Waals surface area contributed by atoms with E-state index >= 15 is 0 Å². The van der Waals surface area contributed by atoms with Crippen LogP contribution in [0, 0.1) is 6.92 Å². The minimum atomic E-state index is -0.0867. The average molecular weight is 379 g/mol. The summed E-state index contributed by atoms with van der Waals surface area (Å²) in [5.74, 6) is 1.27. The van der Waals surface area contributed by atoms with Crippen molar-refractivity contribution in [2.75, 3.05) is 13.7 Å². The molecule has 0 spiro atoms. The first-order valence-electron chi connectivity index (χ1n) is 9.29. The highest BCUT2D eigenvalue weighted by Gasteiger charge is 2.08. The smallest absolute Gasteiger partial charge is 0.251 e. The summed E-state index contributed by atoms with van der Waals surface area (Å²) >= 11 is 0. The van der Waals surface area contributed by atoms with Crippen LogP contribution in [-0.4, -0.2) is 29.3 Å². The quantitative estimate of drug-likeness (QED) is 0.577. The molecular formula is C22H25N3O3. The lowest BCUT2D eigenvalue weighted by Crippen LogP contribution is -2.25. The van der Waals surface area contributed by atoms with Gasteiger partial charge in [0, 0.05) is 30.5 Å². The van der Waals surface area contributed by atoms with Crippen LogP contribution in [0.25, 0.3) is 0 Å². The Balaban J connectivity index is 1.50. The lowest BCUT2D eigenvalue weighted by atomic mass is 10.1. The van der Waals surface area contributed by atoms with Crippen LogP contribution in [0.5, 0.6) is 11.5 Å². The first kappa shape index (κ1) is 19.5. The van der Waals surface area contributed by atoms with Crippen LogP contribution < -0.4 is 14.8 Å². The van der Waals surface area contributed by atoms with E-state index < -0.39 is 0 Å². The number of aromatic nitrogens is 2. The zero-order chi connectivity index (χ0) is 19.8. The van der Waals surface area contributed by atoms with Crippen molar-refractivity contribution in [1.82, 2.24) is 15.1 Å². The number of ether oxygens (including phenoxy) is 2. The molecule has 3 aromatic rings. The lowest BCUT2D eigenvalue weighted by Gasteiger charge is -2.11. The Bertz CT molecular complexity index is 921. The Hall–Kier alpha value is -3.28. The molecule has 0 saturated heterocycles. The zero-order valence-corrected chi connectivity index (χ0v) is 16.2. The molecule has 28 heavy (non-hydrogen) atoms. The second-order valence-corrected chi connectivity index (χ2v) is 6.45. The third-order valence-corrected chi connectivity index (χ3v) is 4.41. The lowest BCUT2D eigenvalue weighted by molar-refractivity contribution is 0.0952. The monoisotopic (exact) mass is 379 g/mol. The number of carbonyl (C=O) groups is 1. The van der Waals surface area contributed by atoms with Crippen molar-refractivity contribution in [2.24, 2.45) is 0 Å². The van der Waals surface area contributed by atoms with Gasteiger partial charge in [-0.2, -0.15) is 5.10 Å². The summed E-state index contributed by atoms with van der Waals surface area (Å²) in [6, 6.07) is 16.9. The van der Waals surface area contributed by atoms with Gasteiger partial charge in [-0.05, 0) is 49.2 Å². The molecule has 1 aromatic heterocycles. The van der Waals surface area contributed by atoms with E-state index in [0.717, 1.165) is 24.2 Å². The average Bonchev–Trinajstić information content (AvgIpc) is 3.14. The van der Waals surface area contributed by atoms with Gasteiger partial charge in [0.2, 0.25) is 0 Å². The molecule has 0 bridgehead atoms. The van der Waals surface area contributed by atoms with E-state index in [1.807, 2.05) is 60.1 Å². The predicted molar refractivity (Wildman–Crippen MR) is 108 cm³/mol. The molecule has 0 unspecified atom stereocenters. The van der Waals surface area contributed by atoms with Crippen molar-refractivity contribution in [3.8, 4) is 11.5 Å². The van der Waals surface area contributed by atoms with Crippen LogP contribution >= 0.6 is 0 Å².